The molecule has 0 aromatic heterocycles. The van der Waals surface area contributed by atoms with E-state index in [0.29, 0.717) is 12.8 Å². The van der Waals surface area contributed by atoms with Crippen molar-refractivity contribution in [3.8, 4) is 0 Å². The Morgan fingerprint density at radius 1 is 1.37 bits per heavy atom. The Hall–Kier alpha value is -1.84. The van der Waals surface area contributed by atoms with Gasteiger partial charge in [-0.3, -0.25) is 9.59 Å². The number of ketones is 1. The van der Waals surface area contributed by atoms with E-state index in [4.69, 9.17) is 0 Å². The lowest BCUT2D eigenvalue weighted by molar-refractivity contribution is -0.120. The Bertz CT molecular complexity index is 471. The van der Waals surface area contributed by atoms with Crippen molar-refractivity contribution >= 4 is 17.4 Å². The van der Waals surface area contributed by atoms with Gasteiger partial charge in [-0.15, -0.1) is 0 Å². The molecule has 1 aromatic rings. The summed E-state index contributed by atoms with van der Waals surface area (Å²) in [4.78, 5) is 25.4. The van der Waals surface area contributed by atoms with Gasteiger partial charge in [0.15, 0.2) is 5.78 Å². The molecule has 1 N–H and O–H groups in total. The van der Waals surface area contributed by atoms with Gasteiger partial charge in [0.25, 0.3) is 0 Å². The van der Waals surface area contributed by atoms with Gasteiger partial charge >= 0.3 is 0 Å². The zero-order chi connectivity index (χ0) is 13.7. The van der Waals surface area contributed by atoms with Crippen molar-refractivity contribution in [3.63, 3.8) is 0 Å². The molecule has 0 radical (unpaired) electrons. The lowest BCUT2D eigenvalue weighted by Crippen LogP contribution is -2.27. The number of anilines is 1. The number of benzene rings is 1. The Balaban J connectivity index is 2.06. The molecule has 1 amide bonds. The molecule has 1 aliphatic heterocycles. The molecule has 1 aromatic carbocycles. The average molecular weight is 260 g/mol. The first kappa shape index (κ1) is 13.6. The number of amides is 1. The van der Waals surface area contributed by atoms with Gasteiger partial charge in [-0.05, 0) is 25.0 Å². The molecule has 0 aliphatic carbocycles. The smallest absolute Gasteiger partial charge is 0.219 e. The van der Waals surface area contributed by atoms with Crippen LogP contribution in [0, 0.1) is 0 Å². The monoisotopic (exact) mass is 260 g/mol. The van der Waals surface area contributed by atoms with Crippen LogP contribution in [-0.2, 0) is 4.79 Å². The fraction of sp³-hybridized carbons (Fsp3) is 0.467. The normalized spacial score (nSPS) is 14.8. The molecule has 1 aliphatic rings. The van der Waals surface area contributed by atoms with Crippen molar-refractivity contribution in [2.75, 3.05) is 25.0 Å². The van der Waals surface area contributed by atoms with Crippen molar-refractivity contribution in [1.82, 2.24) is 5.32 Å². The maximum absolute atomic E-state index is 12.0. The van der Waals surface area contributed by atoms with Crippen molar-refractivity contribution in [1.29, 1.82) is 0 Å². The molecule has 0 bridgehead atoms. The zero-order valence-electron chi connectivity index (χ0n) is 11.3. The highest BCUT2D eigenvalue weighted by Crippen LogP contribution is 2.26. The van der Waals surface area contributed by atoms with Gasteiger partial charge in [-0.25, -0.2) is 0 Å². The molecule has 4 nitrogen and oxygen atoms in total. The maximum Gasteiger partial charge on any atom is 0.219 e. The summed E-state index contributed by atoms with van der Waals surface area (Å²) in [6.07, 6.45) is 2.84. The molecule has 4 heteroatoms. The zero-order valence-corrected chi connectivity index (χ0v) is 11.3. The predicted molar refractivity (Wildman–Crippen MR) is 75.5 cm³/mol. The molecule has 1 heterocycles. The van der Waals surface area contributed by atoms with Crippen LogP contribution in [0.5, 0.6) is 0 Å². The van der Waals surface area contributed by atoms with E-state index in [9.17, 15) is 9.59 Å². The van der Waals surface area contributed by atoms with E-state index < -0.39 is 0 Å². The van der Waals surface area contributed by atoms with E-state index in [0.717, 1.165) is 37.2 Å². The lowest BCUT2D eigenvalue weighted by Gasteiger charge is -2.24. The van der Waals surface area contributed by atoms with Gasteiger partial charge in [-0.1, -0.05) is 12.1 Å². The summed E-state index contributed by atoms with van der Waals surface area (Å²) in [5, 5.41) is 2.63. The number of fused-ring (bicyclic) bond motifs is 1. The van der Waals surface area contributed by atoms with Crippen LogP contribution in [0.15, 0.2) is 24.3 Å². The summed E-state index contributed by atoms with van der Waals surface area (Å²) in [6.45, 7) is 1.70. The number of carbonyl (C=O) groups excluding carboxylic acids is 2. The number of para-hydroxylation sites is 1. The second-order valence-corrected chi connectivity index (χ2v) is 4.81. The highest BCUT2D eigenvalue weighted by atomic mass is 16.1. The fourth-order valence-corrected chi connectivity index (χ4v) is 2.46. The van der Waals surface area contributed by atoms with Crippen LogP contribution in [0.3, 0.4) is 0 Å². The largest absolute Gasteiger partial charge is 0.371 e. The number of nitrogens with zero attached hydrogens (tertiary/aromatic N) is 1. The first-order chi connectivity index (χ1) is 9.22. The van der Waals surface area contributed by atoms with Gasteiger partial charge < -0.3 is 10.2 Å². The molecule has 102 valence electrons. The maximum atomic E-state index is 12.0. The van der Waals surface area contributed by atoms with Crippen molar-refractivity contribution in [2.45, 2.75) is 25.7 Å². The minimum Gasteiger partial charge on any atom is -0.371 e. The molecule has 0 spiro atoms. The number of hydrogen-bond acceptors (Lipinski definition) is 3. The van der Waals surface area contributed by atoms with Crippen molar-refractivity contribution in [3.05, 3.63) is 29.8 Å². The van der Waals surface area contributed by atoms with E-state index in [-0.39, 0.29) is 11.7 Å². The van der Waals surface area contributed by atoms with E-state index in [1.165, 1.54) is 0 Å². The lowest BCUT2D eigenvalue weighted by atomic mass is 10.1. The van der Waals surface area contributed by atoms with Crippen LogP contribution in [0.4, 0.5) is 5.69 Å². The number of hydrogen-bond donors (Lipinski definition) is 1. The minimum atomic E-state index is 0.0687. The third kappa shape index (κ3) is 3.34. The molecule has 0 saturated heterocycles. The number of Topliss-reactive ketones (excluding diaryl/α,β-unsaturated/α-hetero) is 1. The van der Waals surface area contributed by atoms with Gasteiger partial charge in [-0.2, -0.15) is 0 Å². The van der Waals surface area contributed by atoms with Crippen LogP contribution in [0.1, 0.15) is 36.0 Å². The summed E-state index contributed by atoms with van der Waals surface area (Å²) < 4.78 is 0. The first-order valence-corrected chi connectivity index (χ1v) is 6.80. The van der Waals surface area contributed by atoms with E-state index in [1.54, 1.807) is 7.05 Å². The Kier molecular flexibility index (Phi) is 4.55. The highest BCUT2D eigenvalue weighted by molar-refractivity contribution is 6.01. The summed E-state index contributed by atoms with van der Waals surface area (Å²) in [5.74, 6) is 0.295. The standard InChI is InChI=1S/C15H20N2O2/c1-16-15(19)9-5-11-17-10-4-8-14(18)12-6-2-3-7-13(12)17/h2-3,6-7H,4-5,8-11H2,1H3,(H,16,19). The Morgan fingerprint density at radius 2 is 2.16 bits per heavy atom. The molecular weight excluding hydrogens is 240 g/mol. The average Bonchev–Trinajstić information content (AvgIpc) is 2.59. The quantitative estimate of drug-likeness (QED) is 0.900. The number of rotatable bonds is 4. The molecule has 2 rings (SSSR count). The Labute approximate surface area is 113 Å². The van der Waals surface area contributed by atoms with Crippen molar-refractivity contribution in [2.24, 2.45) is 0 Å². The van der Waals surface area contributed by atoms with Crippen LogP contribution in [0.25, 0.3) is 0 Å². The summed E-state index contributed by atoms with van der Waals surface area (Å²) in [7, 11) is 1.65. The van der Waals surface area contributed by atoms with E-state index >= 15 is 0 Å². The van der Waals surface area contributed by atoms with Crippen LogP contribution >= 0.6 is 0 Å². The Morgan fingerprint density at radius 3 is 2.95 bits per heavy atom. The van der Waals surface area contributed by atoms with Crippen LogP contribution < -0.4 is 10.2 Å². The van der Waals surface area contributed by atoms with Gasteiger partial charge in [0, 0.05) is 44.2 Å². The topological polar surface area (TPSA) is 49.4 Å². The second-order valence-electron chi connectivity index (χ2n) is 4.81. The molecular formula is C15H20N2O2. The third-order valence-electron chi connectivity index (χ3n) is 3.49. The number of carbonyl (C=O) groups is 2. The summed E-state index contributed by atoms with van der Waals surface area (Å²) >= 11 is 0. The van der Waals surface area contributed by atoms with E-state index in [2.05, 4.69) is 10.2 Å². The molecule has 0 saturated carbocycles. The molecule has 0 unspecified atom stereocenters. The predicted octanol–water partition coefficient (Wildman–Crippen LogP) is 2.00. The van der Waals surface area contributed by atoms with Gasteiger partial charge in [0.1, 0.15) is 0 Å². The van der Waals surface area contributed by atoms with Crippen molar-refractivity contribution < 1.29 is 9.59 Å². The summed E-state index contributed by atoms with van der Waals surface area (Å²) in [6, 6.07) is 7.77. The van der Waals surface area contributed by atoms with Gasteiger partial charge in [0.05, 0.1) is 0 Å². The SMILES string of the molecule is CNC(=O)CCCN1CCCC(=O)c2ccccc21. The second kappa shape index (κ2) is 6.36. The minimum absolute atomic E-state index is 0.0687. The van der Waals surface area contributed by atoms with Crippen LogP contribution in [-0.4, -0.2) is 31.8 Å². The third-order valence-corrected chi connectivity index (χ3v) is 3.49. The number of nitrogens with one attached hydrogen (secondary N) is 1. The summed E-state index contributed by atoms with van der Waals surface area (Å²) in [5.41, 5.74) is 1.84. The highest BCUT2D eigenvalue weighted by Gasteiger charge is 2.19. The van der Waals surface area contributed by atoms with Gasteiger partial charge in [0.2, 0.25) is 5.91 Å². The molecule has 0 fully saturated rings. The molecule has 0 atom stereocenters. The first-order valence-electron chi connectivity index (χ1n) is 6.80. The van der Waals surface area contributed by atoms with E-state index in [1.807, 2.05) is 24.3 Å². The van der Waals surface area contributed by atoms with Crippen LogP contribution in [0.2, 0.25) is 0 Å². The fourth-order valence-electron chi connectivity index (χ4n) is 2.46. The molecule has 19 heavy (non-hydrogen) atoms.